The maximum absolute atomic E-state index is 10.5. The van der Waals surface area contributed by atoms with E-state index in [0.29, 0.717) is 6.54 Å². The summed E-state index contributed by atoms with van der Waals surface area (Å²) in [5, 5.41) is 14.1. The first-order valence-corrected chi connectivity index (χ1v) is 5.71. The molecular weight excluding hydrogens is 272 g/mol. The minimum Gasteiger partial charge on any atom is -0.481 e. The molecule has 0 bridgehead atoms. The van der Waals surface area contributed by atoms with Crippen molar-refractivity contribution in [3.8, 4) is 0 Å². The molecule has 1 heterocycles. The molecule has 1 N–H and O–H groups in total. The van der Waals surface area contributed by atoms with Gasteiger partial charge in [-0.05, 0) is 25.1 Å². The predicted octanol–water partition coefficient (Wildman–Crippen LogP) is 2.58. The van der Waals surface area contributed by atoms with Crippen LogP contribution in [0.2, 0.25) is 0 Å². The van der Waals surface area contributed by atoms with E-state index in [4.69, 9.17) is 5.11 Å². The summed E-state index contributed by atoms with van der Waals surface area (Å²) in [6, 6.07) is 5.87. The van der Waals surface area contributed by atoms with Crippen LogP contribution in [0.15, 0.2) is 22.7 Å². The maximum atomic E-state index is 10.5. The zero-order valence-electron chi connectivity index (χ0n) is 8.77. The number of benzene rings is 1. The molecule has 0 saturated heterocycles. The maximum Gasteiger partial charge on any atom is 0.305 e. The van der Waals surface area contributed by atoms with E-state index in [1.807, 2.05) is 25.1 Å². The Morgan fingerprint density at radius 2 is 2.31 bits per heavy atom. The summed E-state index contributed by atoms with van der Waals surface area (Å²) in [7, 11) is 0. The largest absolute Gasteiger partial charge is 0.481 e. The molecule has 0 aliphatic carbocycles. The van der Waals surface area contributed by atoms with E-state index in [-0.39, 0.29) is 6.42 Å². The van der Waals surface area contributed by atoms with Crippen molar-refractivity contribution < 1.29 is 9.90 Å². The summed E-state index contributed by atoms with van der Waals surface area (Å²) in [6.45, 7) is 2.36. The van der Waals surface area contributed by atoms with Crippen LogP contribution >= 0.6 is 15.9 Å². The Bertz CT molecular complexity index is 548. The molecule has 1 aromatic carbocycles. The molecule has 0 atom stereocenters. The number of aromatic nitrogens is 2. The van der Waals surface area contributed by atoms with Crippen LogP contribution in [0.3, 0.4) is 0 Å². The highest BCUT2D eigenvalue weighted by Gasteiger charge is 2.08. The van der Waals surface area contributed by atoms with E-state index in [1.165, 1.54) is 0 Å². The van der Waals surface area contributed by atoms with Crippen molar-refractivity contribution >= 4 is 32.8 Å². The molecule has 1 aromatic heterocycles. The number of fused-ring (bicyclic) bond motifs is 1. The third-order valence-corrected chi connectivity index (χ3v) is 3.00. The number of carboxylic acids is 1. The monoisotopic (exact) mass is 282 g/mol. The lowest BCUT2D eigenvalue weighted by Crippen LogP contribution is -2.07. The van der Waals surface area contributed by atoms with Crippen molar-refractivity contribution in [3.05, 3.63) is 28.4 Å². The molecule has 0 aliphatic rings. The summed E-state index contributed by atoms with van der Waals surface area (Å²) in [5.41, 5.74) is 1.89. The fraction of sp³-hybridized carbons (Fsp3) is 0.273. The first-order valence-electron chi connectivity index (χ1n) is 4.92. The number of aliphatic carboxylic acids is 1. The normalized spacial score (nSPS) is 10.9. The van der Waals surface area contributed by atoms with Crippen molar-refractivity contribution in [1.29, 1.82) is 0 Å². The average Bonchev–Trinajstić information content (AvgIpc) is 2.52. The van der Waals surface area contributed by atoms with Crippen LogP contribution in [0, 0.1) is 6.92 Å². The van der Waals surface area contributed by atoms with Gasteiger partial charge in [0.25, 0.3) is 0 Å². The van der Waals surface area contributed by atoms with Crippen LogP contribution in [0.1, 0.15) is 12.1 Å². The summed E-state index contributed by atoms with van der Waals surface area (Å²) in [6.07, 6.45) is 0.0933. The second-order valence-corrected chi connectivity index (χ2v) is 4.53. The molecule has 0 saturated carbocycles. The fourth-order valence-electron chi connectivity index (χ4n) is 1.66. The van der Waals surface area contributed by atoms with Gasteiger partial charge in [-0.3, -0.25) is 9.48 Å². The minimum absolute atomic E-state index is 0.0933. The van der Waals surface area contributed by atoms with E-state index < -0.39 is 5.97 Å². The van der Waals surface area contributed by atoms with Gasteiger partial charge in [0.05, 0.1) is 18.5 Å². The van der Waals surface area contributed by atoms with Crippen molar-refractivity contribution in [1.82, 2.24) is 9.78 Å². The van der Waals surface area contributed by atoms with Crippen molar-refractivity contribution in [3.63, 3.8) is 0 Å². The van der Waals surface area contributed by atoms with Gasteiger partial charge in [-0.25, -0.2) is 0 Å². The summed E-state index contributed by atoms with van der Waals surface area (Å²) >= 11 is 3.39. The first-order chi connectivity index (χ1) is 7.58. The third kappa shape index (κ3) is 2.09. The lowest BCUT2D eigenvalue weighted by atomic mass is 10.2. The number of rotatable bonds is 3. The average molecular weight is 283 g/mol. The number of aryl methyl sites for hydroxylation is 2. The van der Waals surface area contributed by atoms with Crippen LogP contribution in [-0.2, 0) is 11.3 Å². The Morgan fingerprint density at radius 1 is 1.56 bits per heavy atom. The molecule has 0 spiro atoms. The quantitative estimate of drug-likeness (QED) is 0.942. The zero-order chi connectivity index (χ0) is 11.7. The Kier molecular flexibility index (Phi) is 2.96. The second-order valence-electron chi connectivity index (χ2n) is 3.61. The first kappa shape index (κ1) is 11.1. The standard InChI is InChI=1S/C11H11BrN2O2/c1-7-9-3-2-8(12)6-10(9)13-14(7)5-4-11(15)16/h2-3,6H,4-5H2,1H3,(H,15,16). The summed E-state index contributed by atoms with van der Waals surface area (Å²) in [4.78, 5) is 10.5. The molecule has 16 heavy (non-hydrogen) atoms. The van der Waals surface area contributed by atoms with Gasteiger partial charge in [-0.1, -0.05) is 15.9 Å². The predicted molar refractivity (Wildman–Crippen MR) is 64.4 cm³/mol. The van der Waals surface area contributed by atoms with Crippen LogP contribution in [-0.4, -0.2) is 20.9 Å². The number of nitrogens with zero attached hydrogens (tertiary/aromatic N) is 2. The van der Waals surface area contributed by atoms with Crippen LogP contribution < -0.4 is 0 Å². The van der Waals surface area contributed by atoms with Gasteiger partial charge >= 0.3 is 5.97 Å². The molecule has 0 aliphatic heterocycles. The highest BCUT2D eigenvalue weighted by atomic mass is 79.9. The van der Waals surface area contributed by atoms with Gasteiger partial charge in [0.15, 0.2) is 0 Å². The van der Waals surface area contributed by atoms with Gasteiger partial charge < -0.3 is 5.11 Å². The molecule has 84 valence electrons. The van der Waals surface area contributed by atoms with Crippen LogP contribution in [0.5, 0.6) is 0 Å². The third-order valence-electron chi connectivity index (χ3n) is 2.50. The molecule has 0 fully saturated rings. The molecule has 2 rings (SSSR count). The van der Waals surface area contributed by atoms with Gasteiger partial charge in [0.1, 0.15) is 0 Å². The molecule has 0 unspecified atom stereocenters. The highest BCUT2D eigenvalue weighted by Crippen LogP contribution is 2.21. The highest BCUT2D eigenvalue weighted by molar-refractivity contribution is 9.10. The topological polar surface area (TPSA) is 55.1 Å². The Balaban J connectivity index is 2.39. The molecule has 0 amide bonds. The Morgan fingerprint density at radius 3 is 3.00 bits per heavy atom. The summed E-state index contributed by atoms with van der Waals surface area (Å²) < 4.78 is 2.72. The van der Waals surface area contributed by atoms with Crippen LogP contribution in [0.25, 0.3) is 10.9 Å². The summed E-state index contributed by atoms with van der Waals surface area (Å²) in [5.74, 6) is -0.805. The van der Waals surface area contributed by atoms with Gasteiger partial charge in [0, 0.05) is 15.6 Å². The number of carboxylic acid groups (broad SMARTS) is 1. The Hall–Kier alpha value is -1.36. The van der Waals surface area contributed by atoms with Crippen molar-refractivity contribution in [2.45, 2.75) is 19.9 Å². The van der Waals surface area contributed by atoms with Gasteiger partial charge in [-0.2, -0.15) is 5.10 Å². The number of halogens is 1. The SMILES string of the molecule is Cc1c2ccc(Br)cc2nn1CCC(=O)O. The zero-order valence-corrected chi connectivity index (χ0v) is 10.4. The van der Waals surface area contributed by atoms with Gasteiger partial charge in [-0.15, -0.1) is 0 Å². The number of carbonyl (C=O) groups is 1. The smallest absolute Gasteiger partial charge is 0.305 e. The molecule has 5 heteroatoms. The van der Waals surface area contributed by atoms with Crippen molar-refractivity contribution in [2.24, 2.45) is 0 Å². The Labute approximate surface area is 101 Å². The number of hydrogen-bond acceptors (Lipinski definition) is 2. The lowest BCUT2D eigenvalue weighted by Gasteiger charge is -2.00. The van der Waals surface area contributed by atoms with E-state index in [2.05, 4.69) is 21.0 Å². The fourth-order valence-corrected chi connectivity index (χ4v) is 2.01. The molecule has 4 nitrogen and oxygen atoms in total. The molecule has 0 radical (unpaired) electrons. The van der Waals surface area contributed by atoms with E-state index >= 15 is 0 Å². The lowest BCUT2D eigenvalue weighted by molar-refractivity contribution is -0.137. The van der Waals surface area contributed by atoms with Crippen LogP contribution in [0.4, 0.5) is 0 Å². The van der Waals surface area contributed by atoms with E-state index in [1.54, 1.807) is 4.68 Å². The van der Waals surface area contributed by atoms with Crippen molar-refractivity contribution in [2.75, 3.05) is 0 Å². The van der Waals surface area contributed by atoms with Gasteiger partial charge in [0.2, 0.25) is 0 Å². The molecule has 2 aromatic rings. The number of hydrogen-bond donors (Lipinski definition) is 1. The molecular formula is C11H11BrN2O2. The minimum atomic E-state index is -0.805. The van der Waals surface area contributed by atoms with E-state index in [9.17, 15) is 4.79 Å². The van der Waals surface area contributed by atoms with E-state index in [0.717, 1.165) is 21.1 Å². The second kappa shape index (κ2) is 4.25.